The number of aliphatic hydroxyl groups excluding tert-OH is 1. The van der Waals surface area contributed by atoms with Gasteiger partial charge in [0, 0.05) is 29.7 Å². The van der Waals surface area contributed by atoms with E-state index in [2.05, 4.69) is 25.6 Å². The number of hydrogen-bond donors (Lipinski definition) is 4. The first-order chi connectivity index (χ1) is 13.0. The van der Waals surface area contributed by atoms with Crippen LogP contribution in [0.15, 0.2) is 54.9 Å². The first-order valence-electron chi connectivity index (χ1n) is 8.78. The Bertz CT molecular complexity index is 869. The summed E-state index contributed by atoms with van der Waals surface area (Å²) in [5.41, 5.74) is 2.44. The third-order valence-electron chi connectivity index (χ3n) is 4.16. The van der Waals surface area contributed by atoms with Crippen LogP contribution in [0.4, 0.5) is 17.5 Å². The van der Waals surface area contributed by atoms with Gasteiger partial charge in [0.25, 0.3) is 0 Å². The van der Waals surface area contributed by atoms with E-state index in [1.165, 1.54) is 0 Å². The number of pyridine rings is 1. The molecule has 0 unspecified atom stereocenters. The van der Waals surface area contributed by atoms with Crippen molar-refractivity contribution in [2.75, 3.05) is 17.2 Å². The van der Waals surface area contributed by atoms with Crippen LogP contribution in [0, 0.1) is 5.92 Å². The molecule has 0 aliphatic heterocycles. The van der Waals surface area contributed by atoms with E-state index in [-0.39, 0.29) is 24.3 Å². The van der Waals surface area contributed by atoms with Crippen molar-refractivity contribution in [2.24, 2.45) is 5.92 Å². The molecule has 7 nitrogen and oxygen atoms in total. The van der Waals surface area contributed by atoms with Crippen LogP contribution < -0.4 is 10.6 Å². The summed E-state index contributed by atoms with van der Waals surface area (Å²) >= 11 is 0. The van der Waals surface area contributed by atoms with E-state index < -0.39 is 0 Å². The lowest BCUT2D eigenvalue weighted by molar-refractivity contribution is 0.248. The second kappa shape index (κ2) is 8.46. The number of hydrogen-bond acceptors (Lipinski definition) is 7. The van der Waals surface area contributed by atoms with Gasteiger partial charge in [0.05, 0.1) is 18.3 Å². The Hall–Kier alpha value is -3.19. The van der Waals surface area contributed by atoms with E-state index in [1.54, 1.807) is 36.7 Å². The topological polar surface area (TPSA) is 103 Å². The van der Waals surface area contributed by atoms with Gasteiger partial charge in [-0.1, -0.05) is 13.8 Å². The first-order valence-corrected chi connectivity index (χ1v) is 8.78. The van der Waals surface area contributed by atoms with Crippen molar-refractivity contribution >= 4 is 17.5 Å². The Morgan fingerprint density at radius 3 is 2.33 bits per heavy atom. The number of aromatic hydroxyl groups is 1. The molecule has 2 heterocycles. The van der Waals surface area contributed by atoms with Crippen LogP contribution in [0.5, 0.6) is 5.75 Å². The number of aliphatic hydroxyl groups is 1. The maximum atomic E-state index is 9.61. The average Bonchev–Trinajstić information content (AvgIpc) is 2.68. The smallest absolute Gasteiger partial charge is 0.225 e. The lowest BCUT2D eigenvalue weighted by atomic mass is 10.1. The van der Waals surface area contributed by atoms with Gasteiger partial charge < -0.3 is 20.8 Å². The molecular formula is C20H23N5O2. The summed E-state index contributed by atoms with van der Waals surface area (Å²) in [7, 11) is 0. The summed E-state index contributed by atoms with van der Waals surface area (Å²) in [6, 6.07) is 12.2. The monoisotopic (exact) mass is 365 g/mol. The minimum Gasteiger partial charge on any atom is -0.508 e. The van der Waals surface area contributed by atoms with E-state index in [0.717, 1.165) is 16.9 Å². The number of benzene rings is 1. The normalized spacial score (nSPS) is 12.0. The third kappa shape index (κ3) is 4.92. The van der Waals surface area contributed by atoms with E-state index in [9.17, 15) is 10.2 Å². The molecule has 0 aliphatic rings. The number of rotatable bonds is 7. The van der Waals surface area contributed by atoms with E-state index in [0.29, 0.717) is 11.8 Å². The molecule has 0 amide bonds. The van der Waals surface area contributed by atoms with Crippen LogP contribution in [-0.2, 0) is 0 Å². The van der Waals surface area contributed by atoms with Crippen LogP contribution in [0.25, 0.3) is 11.3 Å². The molecule has 0 saturated carbocycles. The van der Waals surface area contributed by atoms with Gasteiger partial charge in [-0.3, -0.25) is 4.98 Å². The molecule has 3 aromatic rings. The highest BCUT2D eigenvalue weighted by Crippen LogP contribution is 2.24. The third-order valence-corrected chi connectivity index (χ3v) is 4.16. The molecule has 0 radical (unpaired) electrons. The van der Waals surface area contributed by atoms with Crippen molar-refractivity contribution in [3.05, 3.63) is 54.9 Å². The van der Waals surface area contributed by atoms with Crippen LogP contribution in [-0.4, -0.2) is 37.8 Å². The lowest BCUT2D eigenvalue weighted by Crippen LogP contribution is -2.30. The van der Waals surface area contributed by atoms with Crippen LogP contribution >= 0.6 is 0 Å². The maximum absolute atomic E-state index is 9.61. The fraction of sp³-hybridized carbons (Fsp3) is 0.250. The van der Waals surface area contributed by atoms with Crippen molar-refractivity contribution in [3.63, 3.8) is 0 Å². The number of aromatic nitrogens is 3. The highest BCUT2D eigenvalue weighted by Gasteiger charge is 2.15. The van der Waals surface area contributed by atoms with Gasteiger partial charge in [-0.15, -0.1) is 0 Å². The van der Waals surface area contributed by atoms with Crippen molar-refractivity contribution in [2.45, 2.75) is 19.9 Å². The Morgan fingerprint density at radius 2 is 1.70 bits per heavy atom. The SMILES string of the molecule is CC(C)[C@H](CO)Nc1nc(Nc2ccc(O)cc2)cc(-c2ccncc2)n1. The van der Waals surface area contributed by atoms with Crippen LogP contribution in [0.1, 0.15) is 13.8 Å². The predicted octanol–water partition coefficient (Wildman–Crippen LogP) is 3.42. The summed E-state index contributed by atoms with van der Waals surface area (Å²) in [6.45, 7) is 4.04. The Kier molecular flexibility index (Phi) is 5.83. The first kappa shape index (κ1) is 18.6. The highest BCUT2D eigenvalue weighted by atomic mass is 16.3. The van der Waals surface area contributed by atoms with Gasteiger partial charge in [0.1, 0.15) is 11.6 Å². The molecule has 2 aromatic heterocycles. The highest BCUT2D eigenvalue weighted by molar-refractivity contribution is 5.67. The van der Waals surface area contributed by atoms with Crippen molar-refractivity contribution in [1.82, 2.24) is 15.0 Å². The van der Waals surface area contributed by atoms with Gasteiger partial charge in [-0.2, -0.15) is 4.98 Å². The number of nitrogens with zero attached hydrogens (tertiary/aromatic N) is 3. The molecule has 27 heavy (non-hydrogen) atoms. The summed E-state index contributed by atoms with van der Waals surface area (Å²) < 4.78 is 0. The number of anilines is 3. The van der Waals surface area contributed by atoms with Gasteiger partial charge in [0.15, 0.2) is 0 Å². The van der Waals surface area contributed by atoms with Crippen LogP contribution in [0.3, 0.4) is 0 Å². The minimum absolute atomic E-state index is 0.0127. The average molecular weight is 365 g/mol. The lowest BCUT2D eigenvalue weighted by Gasteiger charge is -2.20. The predicted molar refractivity (Wildman–Crippen MR) is 106 cm³/mol. The second-order valence-corrected chi connectivity index (χ2v) is 6.55. The Morgan fingerprint density at radius 1 is 1.00 bits per heavy atom. The maximum Gasteiger partial charge on any atom is 0.225 e. The molecule has 0 aliphatic carbocycles. The fourth-order valence-corrected chi connectivity index (χ4v) is 2.53. The van der Waals surface area contributed by atoms with Crippen molar-refractivity contribution < 1.29 is 10.2 Å². The molecule has 4 N–H and O–H groups in total. The van der Waals surface area contributed by atoms with Gasteiger partial charge in [0.2, 0.25) is 5.95 Å². The quantitative estimate of drug-likeness (QED) is 0.476. The molecule has 3 rings (SSSR count). The molecule has 1 atom stereocenters. The van der Waals surface area contributed by atoms with E-state index >= 15 is 0 Å². The number of nitrogens with one attached hydrogen (secondary N) is 2. The summed E-state index contributed by atoms with van der Waals surface area (Å²) in [6.07, 6.45) is 3.42. The molecule has 1 aromatic carbocycles. The molecule has 0 bridgehead atoms. The van der Waals surface area contributed by atoms with E-state index in [1.807, 2.05) is 32.0 Å². The van der Waals surface area contributed by atoms with Crippen LogP contribution in [0.2, 0.25) is 0 Å². The molecule has 0 spiro atoms. The number of phenols is 1. The van der Waals surface area contributed by atoms with Crippen molar-refractivity contribution in [3.8, 4) is 17.0 Å². The second-order valence-electron chi connectivity index (χ2n) is 6.55. The number of phenolic OH excluding ortho intramolecular Hbond substituents is 1. The summed E-state index contributed by atoms with van der Waals surface area (Å²) in [4.78, 5) is 13.2. The van der Waals surface area contributed by atoms with Gasteiger partial charge in [-0.25, -0.2) is 4.98 Å². The molecule has 0 fully saturated rings. The zero-order chi connectivity index (χ0) is 19.2. The standard InChI is InChI=1S/C20H23N5O2/c1-13(2)18(12-26)24-20-23-17(14-7-9-21-10-8-14)11-19(25-20)22-15-3-5-16(27)6-4-15/h3-11,13,18,26-27H,12H2,1-2H3,(H2,22,23,24,25)/t18-/m0/s1. The zero-order valence-electron chi connectivity index (χ0n) is 15.3. The van der Waals surface area contributed by atoms with Gasteiger partial charge >= 0.3 is 0 Å². The Balaban J connectivity index is 1.96. The molecule has 140 valence electrons. The summed E-state index contributed by atoms with van der Waals surface area (Å²) in [5, 5.41) is 25.5. The summed E-state index contributed by atoms with van der Waals surface area (Å²) in [5.74, 6) is 1.45. The zero-order valence-corrected chi connectivity index (χ0v) is 15.3. The largest absolute Gasteiger partial charge is 0.508 e. The molecule has 7 heteroatoms. The molecular weight excluding hydrogens is 342 g/mol. The molecule has 0 saturated heterocycles. The fourth-order valence-electron chi connectivity index (χ4n) is 2.53. The minimum atomic E-state index is -0.154. The van der Waals surface area contributed by atoms with Gasteiger partial charge in [-0.05, 0) is 42.3 Å². The van der Waals surface area contributed by atoms with Crippen molar-refractivity contribution in [1.29, 1.82) is 0 Å². The van der Waals surface area contributed by atoms with E-state index in [4.69, 9.17) is 0 Å². The Labute approximate surface area is 158 Å².